The highest BCUT2D eigenvalue weighted by Crippen LogP contribution is 2.70. The fourth-order valence-electron chi connectivity index (χ4n) is 7.04. The molecule has 1 aromatic rings. The Morgan fingerprint density at radius 3 is 0.750 bits per heavy atom. The maximum absolute atomic E-state index is 13.2. The first-order valence-electron chi connectivity index (χ1n) is 13.2. The molecule has 0 unspecified atom stereocenters. The summed E-state index contributed by atoms with van der Waals surface area (Å²) >= 11 is 0. The molecule has 0 aromatic heterocycles. The van der Waals surface area contributed by atoms with Crippen molar-refractivity contribution in [2.45, 2.75) is 83.1 Å². The second kappa shape index (κ2) is 7.35. The summed E-state index contributed by atoms with van der Waals surface area (Å²) in [6.07, 6.45) is 0. The van der Waals surface area contributed by atoms with E-state index in [4.69, 9.17) is 0 Å². The molecule has 0 saturated heterocycles. The van der Waals surface area contributed by atoms with Crippen molar-refractivity contribution in [2.75, 3.05) is 16.0 Å². The number of hydrogen-bond donors (Lipinski definition) is 3. The zero-order valence-electron chi connectivity index (χ0n) is 24.2. The van der Waals surface area contributed by atoms with Crippen LogP contribution < -0.4 is 16.0 Å². The lowest BCUT2D eigenvalue weighted by atomic mass is 10.0. The van der Waals surface area contributed by atoms with Gasteiger partial charge in [0, 0.05) is 34.8 Å². The molecular formula is C30H45N3O3. The van der Waals surface area contributed by atoms with Gasteiger partial charge < -0.3 is 16.0 Å². The number of nitrogens with one attached hydrogen (secondary N) is 3. The molecule has 198 valence electrons. The van der Waals surface area contributed by atoms with E-state index in [1.54, 1.807) is 18.2 Å². The Balaban J connectivity index is 1.58. The van der Waals surface area contributed by atoms with Crippen LogP contribution in [0.2, 0.25) is 0 Å². The van der Waals surface area contributed by atoms with Crippen LogP contribution in [0.25, 0.3) is 0 Å². The van der Waals surface area contributed by atoms with Gasteiger partial charge in [-0.3, -0.25) is 14.4 Å². The van der Waals surface area contributed by atoms with Gasteiger partial charge in [-0.25, -0.2) is 0 Å². The standard InChI is InChI=1S/C30H45N3O3/c1-25(2)19(26(25,3)4)22(34)31-16-13-17(32-23(35)20-27(5,6)28(20,7)8)15-18(14-16)33-24(36)21-29(9,10)30(21,11)12/h13-15,19-21H,1-12H3,(H,31,34)(H,32,35)(H,33,36). The molecular weight excluding hydrogens is 450 g/mol. The second-order valence-electron chi connectivity index (χ2n) is 14.9. The third kappa shape index (κ3) is 3.61. The largest absolute Gasteiger partial charge is 0.326 e. The summed E-state index contributed by atoms with van der Waals surface area (Å²) in [5.74, 6) is -0.453. The van der Waals surface area contributed by atoms with Crippen molar-refractivity contribution < 1.29 is 14.4 Å². The molecule has 0 atom stereocenters. The van der Waals surface area contributed by atoms with Gasteiger partial charge in [-0.05, 0) is 50.7 Å². The Morgan fingerprint density at radius 1 is 0.444 bits per heavy atom. The van der Waals surface area contributed by atoms with Gasteiger partial charge in [-0.1, -0.05) is 83.1 Å². The van der Waals surface area contributed by atoms with Gasteiger partial charge in [0.2, 0.25) is 17.7 Å². The quantitative estimate of drug-likeness (QED) is 0.418. The summed E-state index contributed by atoms with van der Waals surface area (Å²) in [6, 6.07) is 5.34. The minimum absolute atomic E-state index is 0.0420. The van der Waals surface area contributed by atoms with Gasteiger partial charge in [-0.15, -0.1) is 0 Å². The summed E-state index contributed by atoms with van der Waals surface area (Å²) in [4.78, 5) is 39.5. The van der Waals surface area contributed by atoms with Crippen LogP contribution in [0.5, 0.6) is 0 Å². The van der Waals surface area contributed by atoms with Crippen molar-refractivity contribution in [3.63, 3.8) is 0 Å². The Hall–Kier alpha value is -2.37. The van der Waals surface area contributed by atoms with E-state index in [9.17, 15) is 14.4 Å². The van der Waals surface area contributed by atoms with Crippen LogP contribution in [0.15, 0.2) is 18.2 Å². The third-order valence-electron chi connectivity index (χ3n) is 11.6. The minimum atomic E-state index is -0.109. The van der Waals surface area contributed by atoms with Crippen LogP contribution >= 0.6 is 0 Å². The molecule has 3 aliphatic rings. The first-order chi connectivity index (χ1) is 16.1. The molecule has 0 heterocycles. The maximum Gasteiger partial charge on any atom is 0.228 e. The number of carbonyl (C=O) groups excluding carboxylic acids is 3. The molecule has 6 heteroatoms. The lowest BCUT2D eigenvalue weighted by Crippen LogP contribution is -2.21. The van der Waals surface area contributed by atoms with E-state index >= 15 is 0 Å². The zero-order chi connectivity index (χ0) is 27.4. The van der Waals surface area contributed by atoms with E-state index in [1.165, 1.54) is 0 Å². The highest BCUT2D eigenvalue weighted by Gasteiger charge is 2.69. The fraction of sp³-hybridized carbons (Fsp3) is 0.700. The van der Waals surface area contributed by atoms with E-state index in [0.29, 0.717) is 17.1 Å². The SMILES string of the molecule is CC1(C)C(C(=O)Nc2cc(NC(=O)C3C(C)(C)C3(C)C)cc(NC(=O)C3C(C)(C)C3(C)C)c2)C1(C)C. The lowest BCUT2D eigenvalue weighted by Gasteiger charge is -2.14. The molecule has 36 heavy (non-hydrogen) atoms. The molecule has 0 radical (unpaired) electrons. The number of hydrogen-bond acceptors (Lipinski definition) is 3. The molecule has 0 spiro atoms. The second-order valence-corrected chi connectivity index (χ2v) is 14.9. The van der Waals surface area contributed by atoms with Crippen molar-refractivity contribution >= 4 is 34.8 Å². The number of amides is 3. The van der Waals surface area contributed by atoms with Crippen LogP contribution in [0, 0.1) is 50.2 Å². The van der Waals surface area contributed by atoms with Crippen LogP contribution in [0.4, 0.5) is 17.1 Å². The number of anilines is 3. The van der Waals surface area contributed by atoms with E-state index in [-0.39, 0.29) is 68.0 Å². The molecule has 6 nitrogen and oxygen atoms in total. The van der Waals surface area contributed by atoms with Crippen LogP contribution in [0.1, 0.15) is 83.1 Å². The number of carbonyl (C=O) groups is 3. The first-order valence-corrected chi connectivity index (χ1v) is 13.2. The minimum Gasteiger partial charge on any atom is -0.326 e. The Morgan fingerprint density at radius 2 is 0.611 bits per heavy atom. The molecule has 3 aliphatic carbocycles. The highest BCUT2D eigenvalue weighted by atomic mass is 16.2. The van der Waals surface area contributed by atoms with Gasteiger partial charge in [-0.2, -0.15) is 0 Å². The molecule has 3 N–H and O–H groups in total. The molecule has 4 rings (SSSR count). The Labute approximate surface area is 216 Å². The van der Waals surface area contributed by atoms with E-state index in [1.807, 2.05) is 0 Å². The molecule has 3 amide bonds. The van der Waals surface area contributed by atoms with Gasteiger partial charge in [0.1, 0.15) is 0 Å². The molecule has 3 saturated carbocycles. The maximum atomic E-state index is 13.2. The first kappa shape index (κ1) is 26.7. The molecule has 0 bridgehead atoms. The number of benzene rings is 1. The monoisotopic (exact) mass is 495 g/mol. The van der Waals surface area contributed by atoms with Gasteiger partial charge in [0.25, 0.3) is 0 Å². The van der Waals surface area contributed by atoms with E-state index < -0.39 is 0 Å². The zero-order valence-corrected chi connectivity index (χ0v) is 24.2. The Bertz CT molecular complexity index is 959. The Kier molecular flexibility index (Phi) is 5.45. The summed E-state index contributed by atoms with van der Waals surface area (Å²) in [6.45, 7) is 25.3. The predicted octanol–water partition coefficient (Wildman–Crippen LogP) is 6.55. The van der Waals surface area contributed by atoms with Crippen molar-refractivity contribution in [3.8, 4) is 0 Å². The molecule has 3 fully saturated rings. The van der Waals surface area contributed by atoms with E-state index in [0.717, 1.165) is 0 Å². The third-order valence-corrected chi connectivity index (χ3v) is 11.6. The fourth-order valence-corrected chi connectivity index (χ4v) is 7.04. The summed E-state index contributed by atoms with van der Waals surface area (Å²) in [5, 5.41) is 9.17. The van der Waals surface area contributed by atoms with Crippen LogP contribution in [-0.2, 0) is 14.4 Å². The van der Waals surface area contributed by atoms with Crippen molar-refractivity contribution in [1.29, 1.82) is 0 Å². The van der Waals surface area contributed by atoms with E-state index in [2.05, 4.69) is 99.0 Å². The van der Waals surface area contributed by atoms with Gasteiger partial charge in [0.05, 0.1) is 0 Å². The summed E-state index contributed by atoms with van der Waals surface area (Å²) in [7, 11) is 0. The van der Waals surface area contributed by atoms with Crippen LogP contribution in [-0.4, -0.2) is 17.7 Å². The van der Waals surface area contributed by atoms with Gasteiger partial charge in [0.15, 0.2) is 0 Å². The molecule has 1 aromatic carbocycles. The topological polar surface area (TPSA) is 87.3 Å². The van der Waals surface area contributed by atoms with Gasteiger partial charge >= 0.3 is 0 Å². The lowest BCUT2D eigenvalue weighted by molar-refractivity contribution is -0.119. The number of rotatable bonds is 6. The average Bonchev–Trinajstić information content (AvgIpc) is 3.40. The smallest absolute Gasteiger partial charge is 0.228 e. The van der Waals surface area contributed by atoms with Crippen molar-refractivity contribution in [1.82, 2.24) is 0 Å². The van der Waals surface area contributed by atoms with Crippen molar-refractivity contribution in [3.05, 3.63) is 18.2 Å². The summed E-state index contributed by atoms with van der Waals surface area (Å²) < 4.78 is 0. The predicted molar refractivity (Wildman–Crippen MR) is 145 cm³/mol. The normalized spacial score (nSPS) is 26.0. The molecule has 0 aliphatic heterocycles. The van der Waals surface area contributed by atoms with Crippen molar-refractivity contribution in [2.24, 2.45) is 50.2 Å². The highest BCUT2D eigenvalue weighted by molar-refractivity contribution is 6.02. The average molecular weight is 496 g/mol. The summed E-state index contributed by atoms with van der Waals surface area (Å²) in [5.41, 5.74) is 1.15. The van der Waals surface area contributed by atoms with Crippen LogP contribution in [0.3, 0.4) is 0 Å².